The molecule has 1 unspecified atom stereocenters. The number of amides is 1. The van der Waals surface area contributed by atoms with Crippen LogP contribution in [-0.4, -0.2) is 100 Å². The number of pyridine rings is 1. The normalized spacial score (nSPS) is 25.6. The lowest BCUT2D eigenvalue weighted by Crippen LogP contribution is -2.43. The largest absolute Gasteiger partial charge is 0.461 e. The molecule has 2 N–H and O–H groups in total. The molecule has 14 heteroatoms. The Hall–Kier alpha value is -3.68. The molecule has 11 nitrogen and oxygen atoms in total. The second kappa shape index (κ2) is 12.4. The lowest BCUT2D eigenvalue weighted by atomic mass is 9.94. The Kier molecular flexibility index (Phi) is 8.09. The number of alkyl halides is 1. The minimum absolute atomic E-state index is 0.0213. The van der Waals surface area contributed by atoms with E-state index in [4.69, 9.17) is 31.0 Å². The van der Waals surface area contributed by atoms with Crippen LogP contribution in [0, 0.1) is 11.7 Å². The predicted octanol–water partition coefficient (Wildman–Crippen LogP) is 4.61. The molecule has 4 aromatic rings. The SMILES string of the molecule is O=C1CCCCc2c(Cl)cc3[nH]ncc3c2-c2ncc3c(nc(OC[C@@]45CCCN4C[C@H](F)C5)nc3c2F)N2CCOCC(CN1)C2. The standard InChI is InChI=1S/C33H37ClF2N8O3/c34-24-10-25-22(14-39-42-25)27-21(24)4-1-2-5-26(45)37-12-19-15-43(8-9-46-17-19)31-23-13-38-30(27)28(36)29(23)40-32(41-31)47-18-33-6-3-7-44(33)16-20(35)11-33/h10,13-14,19-20H,1-9,11-12,15-18H2,(H,37,45)(H,39,42)/t19?,20-,33+/m1/s1. The van der Waals surface area contributed by atoms with Crippen LogP contribution in [-0.2, 0) is 16.0 Å². The molecule has 1 amide bonds. The van der Waals surface area contributed by atoms with Gasteiger partial charge in [0.15, 0.2) is 5.82 Å². The molecule has 9 rings (SSSR count). The predicted molar refractivity (Wildman–Crippen MR) is 173 cm³/mol. The Morgan fingerprint density at radius 2 is 2.02 bits per heavy atom. The van der Waals surface area contributed by atoms with Gasteiger partial charge in [0.25, 0.3) is 0 Å². The molecule has 5 aliphatic heterocycles. The van der Waals surface area contributed by atoms with Crippen LogP contribution < -0.4 is 15.0 Å². The van der Waals surface area contributed by atoms with Gasteiger partial charge in [0.05, 0.1) is 35.9 Å². The van der Waals surface area contributed by atoms with Crippen LogP contribution in [0.4, 0.5) is 14.6 Å². The average molecular weight is 667 g/mol. The van der Waals surface area contributed by atoms with Gasteiger partial charge in [-0.15, -0.1) is 0 Å². The van der Waals surface area contributed by atoms with Crippen molar-refractivity contribution in [2.75, 3.05) is 57.4 Å². The summed E-state index contributed by atoms with van der Waals surface area (Å²) >= 11 is 6.82. The summed E-state index contributed by atoms with van der Waals surface area (Å²) in [6.07, 6.45) is 6.74. The van der Waals surface area contributed by atoms with Crippen molar-refractivity contribution in [3.05, 3.63) is 34.9 Å². The second-order valence-electron chi connectivity index (χ2n) is 13.3. The minimum atomic E-state index is -0.907. The number of ether oxygens (including phenoxy) is 2. The van der Waals surface area contributed by atoms with E-state index >= 15 is 4.39 Å². The van der Waals surface area contributed by atoms with Gasteiger partial charge in [0.1, 0.15) is 29.8 Å². The molecular formula is C33H37ClF2N8O3. The lowest BCUT2D eigenvalue weighted by molar-refractivity contribution is -0.121. The van der Waals surface area contributed by atoms with Gasteiger partial charge in [-0.05, 0) is 50.3 Å². The number of hydrogen-bond donors (Lipinski definition) is 2. The van der Waals surface area contributed by atoms with E-state index in [1.54, 1.807) is 18.5 Å². The van der Waals surface area contributed by atoms with E-state index in [1.807, 2.05) is 4.90 Å². The Morgan fingerprint density at radius 1 is 1.13 bits per heavy atom. The fourth-order valence-corrected chi connectivity index (χ4v) is 8.19. The second-order valence-corrected chi connectivity index (χ2v) is 13.7. The van der Waals surface area contributed by atoms with E-state index in [1.165, 1.54) is 0 Å². The van der Waals surface area contributed by atoms with Crippen LogP contribution in [0.2, 0.25) is 5.02 Å². The van der Waals surface area contributed by atoms with Crippen LogP contribution in [0.3, 0.4) is 0 Å². The molecule has 6 bridgehead atoms. The number of carbonyl (C=O) groups excluding carboxylic acids is 1. The zero-order valence-corrected chi connectivity index (χ0v) is 26.8. The van der Waals surface area contributed by atoms with E-state index < -0.39 is 17.5 Å². The summed E-state index contributed by atoms with van der Waals surface area (Å²) < 4.78 is 43.8. The van der Waals surface area contributed by atoms with Crippen LogP contribution in [0.1, 0.15) is 44.1 Å². The quantitative estimate of drug-likeness (QED) is 0.323. The number of halogens is 3. The molecule has 0 radical (unpaired) electrons. The first-order valence-electron chi connectivity index (χ1n) is 16.5. The fraction of sp³-hybridized carbons (Fsp3) is 0.545. The third-order valence-electron chi connectivity index (χ3n) is 10.2. The first-order valence-corrected chi connectivity index (χ1v) is 16.9. The summed E-state index contributed by atoms with van der Waals surface area (Å²) in [4.78, 5) is 31.2. The number of hydrogen-bond acceptors (Lipinski definition) is 9. The van der Waals surface area contributed by atoms with Crippen molar-refractivity contribution < 1.29 is 23.0 Å². The summed E-state index contributed by atoms with van der Waals surface area (Å²) in [5.74, 6) is -0.183. The summed E-state index contributed by atoms with van der Waals surface area (Å²) in [6, 6.07) is 1.82. The number of rotatable bonds is 3. The van der Waals surface area contributed by atoms with Gasteiger partial charge in [-0.3, -0.25) is 19.8 Å². The molecule has 3 fully saturated rings. The minimum Gasteiger partial charge on any atom is -0.461 e. The maximum Gasteiger partial charge on any atom is 0.319 e. The summed E-state index contributed by atoms with van der Waals surface area (Å²) in [7, 11) is 0. The molecule has 248 valence electrons. The van der Waals surface area contributed by atoms with Crippen LogP contribution in [0.5, 0.6) is 6.01 Å². The van der Waals surface area contributed by atoms with Gasteiger partial charge in [-0.2, -0.15) is 15.1 Å². The third kappa shape index (κ3) is 5.65. The van der Waals surface area contributed by atoms with E-state index in [0.29, 0.717) is 104 Å². The van der Waals surface area contributed by atoms with Gasteiger partial charge in [-0.25, -0.2) is 8.78 Å². The highest BCUT2D eigenvalue weighted by Crippen LogP contribution is 2.42. The Morgan fingerprint density at radius 3 is 2.94 bits per heavy atom. The van der Waals surface area contributed by atoms with Gasteiger partial charge in [-0.1, -0.05) is 11.6 Å². The molecule has 3 saturated heterocycles. The Labute approximate surface area is 275 Å². The van der Waals surface area contributed by atoms with Crippen molar-refractivity contribution in [3.8, 4) is 17.3 Å². The maximum absolute atomic E-state index is 17.1. The van der Waals surface area contributed by atoms with Crippen LogP contribution in [0.15, 0.2) is 18.5 Å². The number of fused-ring (bicyclic) bond motifs is 9. The monoisotopic (exact) mass is 666 g/mol. The highest BCUT2D eigenvalue weighted by atomic mass is 35.5. The summed E-state index contributed by atoms with van der Waals surface area (Å²) in [5, 5.41) is 11.8. The molecule has 8 heterocycles. The number of anilines is 1. The van der Waals surface area contributed by atoms with Gasteiger partial charge in [0, 0.05) is 67.1 Å². The van der Waals surface area contributed by atoms with Crippen molar-refractivity contribution in [2.45, 2.75) is 56.7 Å². The first-order chi connectivity index (χ1) is 22.9. The van der Waals surface area contributed by atoms with E-state index in [0.717, 1.165) is 24.9 Å². The molecule has 47 heavy (non-hydrogen) atoms. The molecular weight excluding hydrogens is 630 g/mol. The first kappa shape index (κ1) is 30.6. The molecule has 0 spiro atoms. The molecule has 3 atom stereocenters. The number of nitrogens with zero attached hydrogens (tertiary/aromatic N) is 6. The van der Waals surface area contributed by atoms with E-state index in [2.05, 4.69) is 25.4 Å². The van der Waals surface area contributed by atoms with Crippen LogP contribution in [0.25, 0.3) is 33.1 Å². The van der Waals surface area contributed by atoms with Gasteiger partial charge < -0.3 is 19.7 Å². The smallest absolute Gasteiger partial charge is 0.319 e. The number of nitrogens with one attached hydrogen (secondary N) is 2. The molecule has 5 aliphatic rings. The molecule has 3 aromatic heterocycles. The van der Waals surface area contributed by atoms with Crippen molar-refractivity contribution in [2.24, 2.45) is 5.92 Å². The third-order valence-corrected chi connectivity index (χ3v) is 10.6. The zero-order chi connectivity index (χ0) is 32.1. The average Bonchev–Trinajstić information content (AvgIpc) is 3.70. The van der Waals surface area contributed by atoms with Crippen molar-refractivity contribution in [1.29, 1.82) is 0 Å². The molecule has 0 saturated carbocycles. The summed E-state index contributed by atoms with van der Waals surface area (Å²) in [5.41, 5.74) is 1.69. The van der Waals surface area contributed by atoms with Crippen molar-refractivity contribution >= 4 is 45.1 Å². The fourth-order valence-electron chi connectivity index (χ4n) is 7.90. The van der Waals surface area contributed by atoms with Gasteiger partial charge in [0.2, 0.25) is 5.91 Å². The van der Waals surface area contributed by atoms with Crippen molar-refractivity contribution in [1.82, 2.24) is 35.4 Å². The molecule has 0 aliphatic carbocycles. The Balaban J connectivity index is 1.29. The topological polar surface area (TPSA) is 121 Å². The van der Waals surface area contributed by atoms with Crippen molar-refractivity contribution in [3.63, 3.8) is 0 Å². The summed E-state index contributed by atoms with van der Waals surface area (Å²) in [6.45, 7) is 3.79. The number of aromatic amines is 1. The van der Waals surface area contributed by atoms with Crippen LogP contribution >= 0.6 is 11.6 Å². The van der Waals surface area contributed by atoms with E-state index in [9.17, 15) is 9.18 Å². The zero-order valence-electron chi connectivity index (χ0n) is 26.0. The van der Waals surface area contributed by atoms with E-state index in [-0.39, 0.29) is 35.7 Å². The number of benzene rings is 1. The number of carbonyl (C=O) groups is 1. The highest BCUT2D eigenvalue weighted by Gasteiger charge is 2.49. The van der Waals surface area contributed by atoms with Gasteiger partial charge >= 0.3 is 6.01 Å². The molecule has 1 aromatic carbocycles. The number of H-pyrrole nitrogens is 1. The Bertz CT molecular complexity index is 1840. The lowest BCUT2D eigenvalue weighted by Gasteiger charge is -2.31. The highest BCUT2D eigenvalue weighted by molar-refractivity contribution is 6.33. The number of aromatic nitrogens is 5. The maximum atomic E-state index is 17.1.